The number of anilines is 1. The lowest BCUT2D eigenvalue weighted by Gasteiger charge is -2.43. The summed E-state index contributed by atoms with van der Waals surface area (Å²) in [5.74, 6) is -0.159. The largest absolute Gasteiger partial charge is 0.361 e. The topological polar surface area (TPSA) is 72.2 Å². The number of rotatable bonds is 4. The maximum atomic E-state index is 13.9. The van der Waals surface area contributed by atoms with Crippen molar-refractivity contribution in [2.45, 2.75) is 45.4 Å². The summed E-state index contributed by atoms with van der Waals surface area (Å²) in [4.78, 5) is 37.9. The predicted octanol–water partition coefficient (Wildman–Crippen LogP) is 6.54. The van der Waals surface area contributed by atoms with Gasteiger partial charge in [-0.2, -0.15) is 0 Å². The van der Waals surface area contributed by atoms with Crippen molar-refractivity contribution in [1.82, 2.24) is 14.9 Å². The van der Waals surface area contributed by atoms with Crippen LogP contribution in [0.1, 0.15) is 47.1 Å². The zero-order valence-electron chi connectivity index (χ0n) is 24.0. The first-order valence-corrected chi connectivity index (χ1v) is 14.7. The van der Waals surface area contributed by atoms with Gasteiger partial charge in [0.15, 0.2) is 0 Å². The molecule has 208 valence electrons. The average molecular weight is 545 g/mol. The highest BCUT2D eigenvalue weighted by Gasteiger charge is 2.44. The van der Waals surface area contributed by atoms with Crippen LogP contribution in [0.15, 0.2) is 73.1 Å². The van der Waals surface area contributed by atoms with Crippen LogP contribution >= 0.6 is 0 Å². The Bertz CT molecular complexity index is 1700. The molecule has 0 spiro atoms. The van der Waals surface area contributed by atoms with Crippen molar-refractivity contribution in [2.75, 3.05) is 24.5 Å². The van der Waals surface area contributed by atoms with Gasteiger partial charge in [0.2, 0.25) is 11.8 Å². The standard InChI is InChI=1S/C35H36N4O2/c1-22-16-23(2)33(24(3)17-22)39-21-25(18-32(39)40)34(41)38-14-12-35(13-15-38,28-19-36-30-10-6-4-8-26(28)30)29-20-37-31-11-7-5-9-27(29)31/h4-11,16-17,19-20,25,36-37H,12-15,18,21H2,1-3H3/t25-/m1/s1. The number of aryl methyl sites for hydroxylation is 3. The number of carbonyl (C=O) groups is 2. The van der Waals surface area contributed by atoms with Crippen molar-refractivity contribution < 1.29 is 9.59 Å². The first-order chi connectivity index (χ1) is 19.9. The van der Waals surface area contributed by atoms with Crippen molar-refractivity contribution in [3.05, 3.63) is 101 Å². The molecule has 2 saturated heterocycles. The monoisotopic (exact) mass is 544 g/mol. The summed E-state index contributed by atoms with van der Waals surface area (Å²) >= 11 is 0. The summed E-state index contributed by atoms with van der Waals surface area (Å²) in [7, 11) is 0. The van der Waals surface area contributed by atoms with Gasteiger partial charge in [-0.15, -0.1) is 0 Å². The first kappa shape index (κ1) is 25.6. The molecule has 41 heavy (non-hydrogen) atoms. The van der Waals surface area contributed by atoms with Crippen molar-refractivity contribution in [2.24, 2.45) is 5.92 Å². The Morgan fingerprint density at radius 3 is 1.93 bits per heavy atom. The number of H-pyrrole nitrogens is 2. The van der Waals surface area contributed by atoms with Gasteiger partial charge in [-0.05, 0) is 68.0 Å². The molecule has 2 fully saturated rings. The van der Waals surface area contributed by atoms with Gasteiger partial charge in [-0.25, -0.2) is 0 Å². The van der Waals surface area contributed by atoms with Crippen LogP contribution in [0.5, 0.6) is 0 Å². The number of amides is 2. The number of aromatic nitrogens is 2. The maximum Gasteiger partial charge on any atom is 0.228 e. The number of carbonyl (C=O) groups excluding carboxylic acids is 2. The van der Waals surface area contributed by atoms with Gasteiger partial charge in [-0.3, -0.25) is 9.59 Å². The molecule has 7 rings (SSSR count). The molecule has 2 aromatic heterocycles. The molecule has 0 unspecified atom stereocenters. The number of nitrogens with zero attached hydrogens (tertiary/aromatic N) is 2. The second kappa shape index (κ2) is 9.65. The molecule has 3 aromatic carbocycles. The summed E-state index contributed by atoms with van der Waals surface area (Å²) in [6, 6.07) is 21.2. The number of likely N-dealkylation sites (tertiary alicyclic amines) is 1. The Kier molecular flexibility index (Phi) is 6.03. The van der Waals surface area contributed by atoms with Crippen LogP contribution in [0, 0.1) is 26.7 Å². The summed E-state index contributed by atoms with van der Waals surface area (Å²) in [5.41, 5.74) is 8.93. The zero-order valence-corrected chi connectivity index (χ0v) is 24.0. The second-order valence-corrected chi connectivity index (χ2v) is 12.1. The molecule has 0 aliphatic carbocycles. The highest BCUT2D eigenvalue weighted by molar-refractivity contribution is 6.01. The van der Waals surface area contributed by atoms with Gasteiger partial charge in [0, 0.05) is 71.4 Å². The van der Waals surface area contributed by atoms with Crippen molar-refractivity contribution in [1.29, 1.82) is 0 Å². The summed E-state index contributed by atoms with van der Waals surface area (Å²) < 4.78 is 0. The molecule has 2 amide bonds. The third kappa shape index (κ3) is 4.07. The van der Waals surface area contributed by atoms with E-state index < -0.39 is 0 Å². The van der Waals surface area contributed by atoms with E-state index in [1.165, 1.54) is 27.5 Å². The number of hydrogen-bond donors (Lipinski definition) is 2. The average Bonchev–Trinajstić information content (AvgIpc) is 3.70. The number of aromatic amines is 2. The van der Waals surface area contributed by atoms with Crippen LogP contribution in [0.3, 0.4) is 0 Å². The molecule has 2 aliphatic heterocycles. The fourth-order valence-electron chi connectivity index (χ4n) is 7.67. The predicted molar refractivity (Wildman–Crippen MR) is 164 cm³/mol. The van der Waals surface area contributed by atoms with Crippen LogP contribution in [-0.4, -0.2) is 46.3 Å². The third-order valence-electron chi connectivity index (χ3n) is 9.52. The fraction of sp³-hybridized carbons (Fsp3) is 0.314. The van der Waals surface area contributed by atoms with Gasteiger partial charge in [0.05, 0.1) is 5.92 Å². The van der Waals surface area contributed by atoms with Crippen LogP contribution in [-0.2, 0) is 15.0 Å². The maximum absolute atomic E-state index is 13.9. The van der Waals surface area contributed by atoms with E-state index in [2.05, 4.69) is 104 Å². The van der Waals surface area contributed by atoms with Gasteiger partial charge >= 0.3 is 0 Å². The minimum Gasteiger partial charge on any atom is -0.361 e. The van der Waals surface area contributed by atoms with Crippen LogP contribution in [0.25, 0.3) is 21.8 Å². The number of hydrogen-bond acceptors (Lipinski definition) is 2. The molecule has 4 heterocycles. The van der Waals surface area contributed by atoms with E-state index in [-0.39, 0.29) is 29.6 Å². The smallest absolute Gasteiger partial charge is 0.228 e. The van der Waals surface area contributed by atoms with Gasteiger partial charge in [0.1, 0.15) is 0 Å². The molecular weight excluding hydrogens is 508 g/mol. The van der Waals surface area contributed by atoms with Crippen molar-refractivity contribution in [3.63, 3.8) is 0 Å². The Hall–Kier alpha value is -4.32. The fourth-order valence-corrected chi connectivity index (χ4v) is 7.67. The summed E-state index contributed by atoms with van der Waals surface area (Å²) in [5, 5.41) is 2.47. The quantitative estimate of drug-likeness (QED) is 0.270. The Labute approximate surface area is 240 Å². The van der Waals surface area contributed by atoms with Gasteiger partial charge in [0.25, 0.3) is 0 Å². The number of para-hydroxylation sites is 2. The van der Waals surface area contributed by atoms with Gasteiger partial charge < -0.3 is 19.8 Å². The lowest BCUT2D eigenvalue weighted by Crippen LogP contribution is -2.47. The SMILES string of the molecule is Cc1cc(C)c(N2C[C@H](C(=O)N3CCC(c4c[nH]c5ccccc45)(c4c[nH]c5ccccc45)CC3)CC2=O)c(C)c1. The van der Waals surface area contributed by atoms with Gasteiger partial charge in [-0.1, -0.05) is 54.1 Å². The van der Waals surface area contributed by atoms with E-state index in [1.54, 1.807) is 0 Å². The van der Waals surface area contributed by atoms with Crippen LogP contribution < -0.4 is 4.90 Å². The van der Waals surface area contributed by atoms with Crippen molar-refractivity contribution in [3.8, 4) is 0 Å². The molecule has 0 saturated carbocycles. The molecule has 2 N–H and O–H groups in total. The molecule has 5 aromatic rings. The minimum atomic E-state index is -0.309. The number of piperidine rings is 1. The molecule has 6 heteroatoms. The zero-order chi connectivity index (χ0) is 28.3. The van der Waals surface area contributed by atoms with E-state index in [1.807, 2.05) is 9.80 Å². The van der Waals surface area contributed by atoms with Crippen molar-refractivity contribution >= 4 is 39.3 Å². The lowest BCUT2D eigenvalue weighted by molar-refractivity contribution is -0.137. The molecule has 0 radical (unpaired) electrons. The van der Waals surface area contributed by atoms with E-state index in [0.29, 0.717) is 19.6 Å². The summed E-state index contributed by atoms with van der Waals surface area (Å²) in [6.07, 6.45) is 6.26. The van der Waals surface area contributed by atoms with Crippen LogP contribution in [0.2, 0.25) is 0 Å². The molecule has 0 bridgehead atoms. The molecular formula is C35H36N4O2. The molecule has 1 atom stereocenters. The first-order valence-electron chi connectivity index (χ1n) is 14.7. The highest BCUT2D eigenvalue weighted by Crippen LogP contribution is 2.47. The number of fused-ring (bicyclic) bond motifs is 2. The van der Waals surface area contributed by atoms with E-state index in [4.69, 9.17) is 0 Å². The molecule has 6 nitrogen and oxygen atoms in total. The number of nitrogens with one attached hydrogen (secondary N) is 2. The Morgan fingerprint density at radius 2 is 1.37 bits per heavy atom. The Morgan fingerprint density at radius 1 is 0.829 bits per heavy atom. The highest BCUT2D eigenvalue weighted by atomic mass is 16.2. The minimum absolute atomic E-state index is 0.0438. The number of benzene rings is 3. The van der Waals surface area contributed by atoms with E-state index in [0.717, 1.165) is 40.7 Å². The van der Waals surface area contributed by atoms with E-state index >= 15 is 0 Å². The van der Waals surface area contributed by atoms with Crippen LogP contribution in [0.4, 0.5) is 5.69 Å². The lowest BCUT2D eigenvalue weighted by atomic mass is 9.67. The van der Waals surface area contributed by atoms with E-state index in [9.17, 15) is 9.59 Å². The Balaban J connectivity index is 1.18. The second-order valence-electron chi connectivity index (χ2n) is 12.1. The third-order valence-corrected chi connectivity index (χ3v) is 9.52. The summed E-state index contributed by atoms with van der Waals surface area (Å²) in [6.45, 7) is 7.95. The molecule has 2 aliphatic rings. The normalized spacial score (nSPS) is 19.0.